The Morgan fingerprint density at radius 2 is 1.92 bits per heavy atom. The lowest BCUT2D eigenvalue weighted by Crippen LogP contribution is -2.11. The molecule has 0 radical (unpaired) electrons. The zero-order valence-electron chi connectivity index (χ0n) is 13.6. The molecule has 0 unspecified atom stereocenters. The summed E-state index contributed by atoms with van der Waals surface area (Å²) in [5.74, 6) is 0.523. The van der Waals surface area contributed by atoms with Gasteiger partial charge in [0.15, 0.2) is 0 Å². The van der Waals surface area contributed by atoms with Gasteiger partial charge >= 0.3 is 6.09 Å². The first-order valence-corrected chi connectivity index (χ1v) is 7.49. The van der Waals surface area contributed by atoms with Crippen molar-refractivity contribution in [3.8, 4) is 5.75 Å². The van der Waals surface area contributed by atoms with Crippen LogP contribution in [0.25, 0.3) is 0 Å². The Kier molecular flexibility index (Phi) is 6.03. The van der Waals surface area contributed by atoms with Crippen LogP contribution in [-0.4, -0.2) is 33.5 Å². The van der Waals surface area contributed by atoms with E-state index in [2.05, 4.69) is 10.5 Å². The lowest BCUT2D eigenvalue weighted by atomic mass is 10.2. The highest BCUT2D eigenvalue weighted by atomic mass is 35.5. The topological polar surface area (TPSA) is 63.2 Å². The summed E-state index contributed by atoms with van der Waals surface area (Å²) >= 11 is 5.98. The second-order valence-electron chi connectivity index (χ2n) is 5.07. The Balaban J connectivity index is 1.89. The predicted molar refractivity (Wildman–Crippen MR) is 96.5 cm³/mol. The molecule has 24 heavy (non-hydrogen) atoms. The molecule has 0 saturated heterocycles. The van der Waals surface area contributed by atoms with Crippen LogP contribution in [0.15, 0.2) is 47.6 Å². The van der Waals surface area contributed by atoms with Crippen LogP contribution in [0.5, 0.6) is 5.75 Å². The normalized spacial score (nSPS) is 10.5. The second-order valence-corrected chi connectivity index (χ2v) is 5.48. The number of ether oxygens (including phenoxy) is 1. The SMILES string of the molecule is COc1ccc(NC(=O)ON=Cc2ccc(N(C)C)cc2)cc1Cl. The summed E-state index contributed by atoms with van der Waals surface area (Å²) in [5.41, 5.74) is 2.37. The van der Waals surface area contributed by atoms with Gasteiger partial charge in [-0.05, 0) is 35.9 Å². The minimum Gasteiger partial charge on any atom is -0.495 e. The number of halogens is 1. The van der Waals surface area contributed by atoms with Crippen LogP contribution in [-0.2, 0) is 4.84 Å². The number of oxime groups is 1. The molecule has 1 N–H and O–H groups in total. The lowest BCUT2D eigenvalue weighted by molar-refractivity contribution is 0.167. The number of anilines is 2. The molecule has 0 aromatic heterocycles. The number of hydrogen-bond donors (Lipinski definition) is 1. The molecule has 0 spiro atoms. The zero-order valence-corrected chi connectivity index (χ0v) is 14.4. The number of nitrogens with zero attached hydrogens (tertiary/aromatic N) is 2. The molecule has 1 amide bonds. The van der Waals surface area contributed by atoms with Crippen molar-refractivity contribution in [2.24, 2.45) is 5.16 Å². The van der Waals surface area contributed by atoms with E-state index in [0.717, 1.165) is 11.3 Å². The average molecular weight is 348 g/mol. The van der Waals surface area contributed by atoms with Crippen molar-refractivity contribution in [1.82, 2.24) is 0 Å². The zero-order chi connectivity index (χ0) is 17.5. The van der Waals surface area contributed by atoms with Crippen molar-refractivity contribution < 1.29 is 14.4 Å². The standard InChI is InChI=1S/C17H18ClN3O3/c1-21(2)14-7-4-12(5-8-14)11-19-24-17(22)20-13-6-9-16(23-3)15(18)10-13/h4-11H,1-3H3,(H,20,22). The van der Waals surface area contributed by atoms with Gasteiger partial charge in [0.05, 0.1) is 18.3 Å². The molecule has 6 nitrogen and oxygen atoms in total. The molecule has 0 aliphatic rings. The van der Waals surface area contributed by atoms with Gasteiger partial charge in [0, 0.05) is 25.5 Å². The number of nitrogens with one attached hydrogen (secondary N) is 1. The minimum atomic E-state index is -0.711. The van der Waals surface area contributed by atoms with Crippen LogP contribution in [0.1, 0.15) is 5.56 Å². The summed E-state index contributed by atoms with van der Waals surface area (Å²) in [4.78, 5) is 18.4. The van der Waals surface area contributed by atoms with E-state index in [9.17, 15) is 4.79 Å². The Morgan fingerprint density at radius 1 is 1.21 bits per heavy atom. The largest absolute Gasteiger partial charge is 0.495 e. The van der Waals surface area contributed by atoms with Crippen molar-refractivity contribution in [2.75, 3.05) is 31.4 Å². The van der Waals surface area contributed by atoms with Gasteiger partial charge in [-0.25, -0.2) is 4.79 Å². The van der Waals surface area contributed by atoms with Crippen LogP contribution in [0.3, 0.4) is 0 Å². The Bertz CT molecular complexity index is 730. The summed E-state index contributed by atoms with van der Waals surface area (Å²) in [5, 5.41) is 6.57. The summed E-state index contributed by atoms with van der Waals surface area (Å²) in [7, 11) is 5.44. The van der Waals surface area contributed by atoms with Crippen molar-refractivity contribution in [3.05, 3.63) is 53.1 Å². The number of carbonyl (C=O) groups excluding carboxylic acids is 1. The maximum absolute atomic E-state index is 11.7. The molecule has 0 bridgehead atoms. The summed E-state index contributed by atoms with van der Waals surface area (Å²) in [6, 6.07) is 12.5. The van der Waals surface area contributed by atoms with Gasteiger partial charge < -0.3 is 9.64 Å². The van der Waals surface area contributed by atoms with E-state index in [4.69, 9.17) is 21.2 Å². The molecule has 0 saturated carbocycles. The predicted octanol–water partition coefficient (Wildman–Crippen LogP) is 4.00. The first kappa shape index (κ1) is 17.6. The molecule has 2 aromatic rings. The average Bonchev–Trinajstić information content (AvgIpc) is 2.55. The van der Waals surface area contributed by atoms with E-state index < -0.39 is 6.09 Å². The van der Waals surface area contributed by atoms with Gasteiger partial charge in [0.25, 0.3) is 0 Å². The maximum atomic E-state index is 11.7. The highest BCUT2D eigenvalue weighted by Crippen LogP contribution is 2.27. The van der Waals surface area contributed by atoms with Crippen molar-refractivity contribution in [2.45, 2.75) is 0 Å². The van der Waals surface area contributed by atoms with Crippen molar-refractivity contribution in [1.29, 1.82) is 0 Å². The third kappa shape index (κ3) is 4.89. The summed E-state index contributed by atoms with van der Waals surface area (Å²) < 4.78 is 5.04. The monoisotopic (exact) mass is 347 g/mol. The van der Waals surface area contributed by atoms with Gasteiger partial charge in [-0.2, -0.15) is 0 Å². The third-order valence-corrected chi connectivity index (χ3v) is 3.44. The fourth-order valence-electron chi connectivity index (χ4n) is 1.88. The van der Waals surface area contributed by atoms with Crippen LogP contribution >= 0.6 is 11.6 Å². The van der Waals surface area contributed by atoms with Gasteiger partial charge in [-0.15, -0.1) is 0 Å². The Hall–Kier alpha value is -2.73. The molecule has 0 fully saturated rings. The fraction of sp³-hybridized carbons (Fsp3) is 0.176. The number of hydrogen-bond acceptors (Lipinski definition) is 5. The van der Waals surface area contributed by atoms with E-state index in [-0.39, 0.29) is 0 Å². The van der Waals surface area contributed by atoms with Gasteiger partial charge in [-0.1, -0.05) is 28.9 Å². The highest BCUT2D eigenvalue weighted by molar-refractivity contribution is 6.32. The fourth-order valence-corrected chi connectivity index (χ4v) is 2.14. The van der Waals surface area contributed by atoms with E-state index in [0.29, 0.717) is 16.5 Å². The Morgan fingerprint density at radius 3 is 2.50 bits per heavy atom. The second kappa shape index (κ2) is 8.21. The molecule has 0 heterocycles. The smallest absolute Gasteiger partial charge is 0.437 e. The van der Waals surface area contributed by atoms with Crippen molar-refractivity contribution in [3.63, 3.8) is 0 Å². The highest BCUT2D eigenvalue weighted by Gasteiger charge is 2.06. The number of benzene rings is 2. The quantitative estimate of drug-likeness (QED) is 0.504. The molecule has 7 heteroatoms. The van der Waals surface area contributed by atoms with Crippen LogP contribution in [0.4, 0.5) is 16.2 Å². The Labute approximate surface area is 145 Å². The molecule has 0 aliphatic carbocycles. The number of methoxy groups -OCH3 is 1. The molecule has 0 atom stereocenters. The molecular weight excluding hydrogens is 330 g/mol. The van der Waals surface area contributed by atoms with E-state index in [1.165, 1.54) is 13.3 Å². The van der Waals surface area contributed by atoms with E-state index >= 15 is 0 Å². The molecule has 126 valence electrons. The first-order valence-electron chi connectivity index (χ1n) is 7.12. The maximum Gasteiger partial charge on any atom is 0.437 e. The minimum absolute atomic E-state index is 0.389. The first-order chi connectivity index (χ1) is 11.5. The lowest BCUT2D eigenvalue weighted by Gasteiger charge is -2.11. The van der Waals surface area contributed by atoms with Crippen LogP contribution in [0, 0.1) is 0 Å². The van der Waals surface area contributed by atoms with Crippen molar-refractivity contribution >= 4 is 35.3 Å². The molecule has 0 aliphatic heterocycles. The van der Waals surface area contributed by atoms with Gasteiger partial charge in [-0.3, -0.25) is 10.2 Å². The van der Waals surface area contributed by atoms with E-state index in [1.807, 2.05) is 43.3 Å². The van der Waals surface area contributed by atoms with Gasteiger partial charge in [0.1, 0.15) is 5.75 Å². The summed E-state index contributed by atoms with van der Waals surface area (Å²) in [6.07, 6.45) is 0.748. The summed E-state index contributed by atoms with van der Waals surface area (Å²) in [6.45, 7) is 0. The van der Waals surface area contributed by atoms with Gasteiger partial charge in [0.2, 0.25) is 0 Å². The third-order valence-electron chi connectivity index (χ3n) is 3.15. The van der Waals surface area contributed by atoms with Crippen LogP contribution < -0.4 is 15.0 Å². The molecule has 2 aromatic carbocycles. The molecule has 2 rings (SSSR count). The van der Waals surface area contributed by atoms with E-state index in [1.54, 1.807) is 18.2 Å². The number of amides is 1. The number of carbonyl (C=O) groups is 1. The number of rotatable bonds is 5. The molecular formula is C17H18ClN3O3. The van der Waals surface area contributed by atoms with Crippen LogP contribution in [0.2, 0.25) is 5.02 Å².